The monoisotopic (exact) mass is 327 g/mol. The summed E-state index contributed by atoms with van der Waals surface area (Å²) in [5, 5.41) is 2.70. The van der Waals surface area contributed by atoms with E-state index in [1.54, 1.807) is 18.2 Å². The minimum atomic E-state index is -0.594. The van der Waals surface area contributed by atoms with Crippen molar-refractivity contribution in [2.75, 3.05) is 18.7 Å². The van der Waals surface area contributed by atoms with Crippen LogP contribution in [0.4, 0.5) is 5.69 Å². The third-order valence-electron chi connectivity index (χ3n) is 3.73. The molecule has 0 atom stereocenters. The Kier molecular flexibility index (Phi) is 4.37. The highest BCUT2D eigenvalue weighted by molar-refractivity contribution is 5.95. The van der Waals surface area contributed by atoms with Gasteiger partial charge in [-0.25, -0.2) is 4.79 Å². The molecular formula is C18H17NO5. The molecule has 0 saturated carbocycles. The zero-order valence-electron chi connectivity index (χ0n) is 13.4. The molecule has 0 aromatic heterocycles. The number of anilines is 1. The van der Waals surface area contributed by atoms with Crippen LogP contribution in [0.2, 0.25) is 0 Å². The van der Waals surface area contributed by atoms with Crippen LogP contribution in [0.3, 0.4) is 0 Å². The predicted octanol–water partition coefficient (Wildman–Crippen LogP) is 2.83. The summed E-state index contributed by atoms with van der Waals surface area (Å²) in [6, 6.07) is 10.3. The Hall–Kier alpha value is -3.02. The maximum atomic E-state index is 12.0. The molecule has 1 amide bonds. The van der Waals surface area contributed by atoms with Crippen molar-refractivity contribution in [3.8, 4) is 11.5 Å². The highest BCUT2D eigenvalue weighted by atomic mass is 16.7. The zero-order valence-corrected chi connectivity index (χ0v) is 13.4. The third kappa shape index (κ3) is 3.48. The quantitative estimate of drug-likeness (QED) is 0.874. The lowest BCUT2D eigenvalue weighted by molar-refractivity contribution is -0.119. The molecule has 0 aliphatic carbocycles. The Labute approximate surface area is 139 Å². The first-order chi connectivity index (χ1) is 11.5. The summed E-state index contributed by atoms with van der Waals surface area (Å²) in [6.07, 6.45) is 0. The highest BCUT2D eigenvalue weighted by Gasteiger charge is 2.17. The maximum absolute atomic E-state index is 12.0. The Morgan fingerprint density at radius 1 is 1.04 bits per heavy atom. The van der Waals surface area contributed by atoms with Crippen molar-refractivity contribution in [2.45, 2.75) is 13.8 Å². The van der Waals surface area contributed by atoms with E-state index < -0.39 is 11.9 Å². The molecule has 6 nitrogen and oxygen atoms in total. The number of ether oxygens (including phenoxy) is 3. The Morgan fingerprint density at radius 3 is 2.62 bits per heavy atom. The molecular weight excluding hydrogens is 310 g/mol. The number of nitrogens with one attached hydrogen (secondary N) is 1. The number of hydrogen-bond donors (Lipinski definition) is 1. The molecule has 0 bridgehead atoms. The number of amides is 1. The van der Waals surface area contributed by atoms with Crippen molar-refractivity contribution in [3.63, 3.8) is 0 Å². The molecule has 24 heavy (non-hydrogen) atoms. The van der Waals surface area contributed by atoms with Crippen LogP contribution in [0, 0.1) is 13.8 Å². The molecule has 1 aliphatic heterocycles. The van der Waals surface area contributed by atoms with Crippen molar-refractivity contribution in [2.24, 2.45) is 0 Å². The Morgan fingerprint density at radius 2 is 1.83 bits per heavy atom. The summed E-state index contributed by atoms with van der Waals surface area (Å²) >= 11 is 0. The van der Waals surface area contributed by atoms with Crippen LogP contribution in [0.1, 0.15) is 21.5 Å². The van der Waals surface area contributed by atoms with Crippen molar-refractivity contribution in [3.05, 3.63) is 53.1 Å². The van der Waals surface area contributed by atoms with Gasteiger partial charge in [0, 0.05) is 5.69 Å². The summed E-state index contributed by atoms with van der Waals surface area (Å²) in [5.74, 6) is 0.0824. The fourth-order valence-electron chi connectivity index (χ4n) is 2.25. The molecule has 6 heteroatoms. The topological polar surface area (TPSA) is 73.9 Å². The lowest BCUT2D eigenvalue weighted by atomic mass is 10.1. The third-order valence-corrected chi connectivity index (χ3v) is 3.73. The van der Waals surface area contributed by atoms with Gasteiger partial charge in [-0.15, -0.1) is 0 Å². The van der Waals surface area contributed by atoms with Crippen molar-refractivity contribution >= 4 is 17.6 Å². The second-order valence-corrected chi connectivity index (χ2v) is 5.49. The molecule has 2 aromatic carbocycles. The first-order valence-electron chi connectivity index (χ1n) is 7.47. The van der Waals surface area contributed by atoms with E-state index in [-0.39, 0.29) is 13.4 Å². The van der Waals surface area contributed by atoms with Crippen LogP contribution in [-0.2, 0) is 9.53 Å². The number of esters is 1. The number of carbonyl (C=O) groups is 2. The molecule has 0 saturated heterocycles. The van der Waals surface area contributed by atoms with Gasteiger partial charge in [0.2, 0.25) is 6.79 Å². The molecule has 1 heterocycles. The molecule has 1 N–H and O–H groups in total. The average Bonchev–Trinajstić information content (AvgIpc) is 3.03. The summed E-state index contributed by atoms with van der Waals surface area (Å²) in [5.41, 5.74) is 3.19. The first-order valence-corrected chi connectivity index (χ1v) is 7.47. The second kappa shape index (κ2) is 6.62. The van der Waals surface area contributed by atoms with Gasteiger partial charge in [0.1, 0.15) is 0 Å². The SMILES string of the molecule is Cc1ccc(NC(=O)COC(=O)c2ccc3c(c2)OCO3)cc1C. The lowest BCUT2D eigenvalue weighted by Crippen LogP contribution is -2.21. The van der Waals surface area contributed by atoms with E-state index in [1.807, 2.05) is 26.0 Å². The summed E-state index contributed by atoms with van der Waals surface area (Å²) < 4.78 is 15.4. The van der Waals surface area contributed by atoms with Crippen LogP contribution in [0.15, 0.2) is 36.4 Å². The second-order valence-electron chi connectivity index (χ2n) is 5.49. The smallest absolute Gasteiger partial charge is 0.338 e. The summed E-state index contributed by atoms with van der Waals surface area (Å²) in [7, 11) is 0. The first kappa shape index (κ1) is 15.9. The molecule has 3 rings (SSSR count). The molecule has 0 radical (unpaired) electrons. The fourth-order valence-corrected chi connectivity index (χ4v) is 2.25. The average molecular weight is 327 g/mol. The van der Waals surface area contributed by atoms with Gasteiger partial charge in [-0.2, -0.15) is 0 Å². The number of rotatable bonds is 4. The molecule has 2 aromatic rings. The number of carbonyl (C=O) groups excluding carboxylic acids is 2. The van der Waals surface area contributed by atoms with E-state index in [1.165, 1.54) is 6.07 Å². The van der Waals surface area contributed by atoms with Gasteiger partial charge >= 0.3 is 5.97 Å². The van der Waals surface area contributed by atoms with E-state index in [9.17, 15) is 9.59 Å². The molecule has 124 valence electrons. The van der Waals surface area contributed by atoms with Crippen LogP contribution in [0.25, 0.3) is 0 Å². The standard InChI is InChI=1S/C18H17NO5/c1-11-3-5-14(7-12(11)2)19-17(20)9-22-18(21)13-4-6-15-16(8-13)24-10-23-15/h3-8H,9-10H2,1-2H3,(H,19,20). The Bertz CT molecular complexity index is 800. The fraction of sp³-hybridized carbons (Fsp3) is 0.222. The van der Waals surface area contributed by atoms with Crippen molar-refractivity contribution in [1.82, 2.24) is 0 Å². The molecule has 1 aliphatic rings. The number of aryl methyl sites for hydroxylation is 2. The normalized spacial score (nSPS) is 11.9. The number of fused-ring (bicyclic) bond motifs is 1. The Balaban J connectivity index is 1.55. The van der Waals surface area contributed by atoms with Gasteiger partial charge in [0.15, 0.2) is 18.1 Å². The van der Waals surface area contributed by atoms with Crippen LogP contribution in [-0.4, -0.2) is 25.3 Å². The highest BCUT2D eigenvalue weighted by Crippen LogP contribution is 2.32. The van der Waals surface area contributed by atoms with Gasteiger partial charge in [-0.05, 0) is 55.3 Å². The predicted molar refractivity (Wildman–Crippen MR) is 87.4 cm³/mol. The van der Waals surface area contributed by atoms with E-state index >= 15 is 0 Å². The maximum Gasteiger partial charge on any atom is 0.338 e. The van der Waals surface area contributed by atoms with Crippen LogP contribution >= 0.6 is 0 Å². The summed E-state index contributed by atoms with van der Waals surface area (Å²) in [6.45, 7) is 3.73. The molecule has 0 fully saturated rings. The van der Waals surface area contributed by atoms with E-state index in [0.717, 1.165) is 11.1 Å². The summed E-state index contributed by atoms with van der Waals surface area (Å²) in [4.78, 5) is 23.9. The van der Waals surface area contributed by atoms with Crippen LogP contribution < -0.4 is 14.8 Å². The lowest BCUT2D eigenvalue weighted by Gasteiger charge is -2.08. The zero-order chi connectivity index (χ0) is 17.1. The van der Waals surface area contributed by atoms with E-state index in [2.05, 4.69) is 5.32 Å². The van der Waals surface area contributed by atoms with E-state index in [4.69, 9.17) is 14.2 Å². The molecule has 0 spiro atoms. The number of hydrogen-bond acceptors (Lipinski definition) is 5. The van der Waals surface area contributed by atoms with Crippen molar-refractivity contribution in [1.29, 1.82) is 0 Å². The van der Waals surface area contributed by atoms with Gasteiger partial charge in [0.25, 0.3) is 5.91 Å². The number of benzene rings is 2. The van der Waals surface area contributed by atoms with Gasteiger partial charge in [-0.3, -0.25) is 4.79 Å². The molecule has 0 unspecified atom stereocenters. The van der Waals surface area contributed by atoms with Gasteiger partial charge in [-0.1, -0.05) is 6.07 Å². The van der Waals surface area contributed by atoms with Gasteiger partial charge < -0.3 is 19.5 Å². The van der Waals surface area contributed by atoms with Crippen molar-refractivity contribution < 1.29 is 23.8 Å². The van der Waals surface area contributed by atoms with Gasteiger partial charge in [0.05, 0.1) is 5.56 Å². The minimum absolute atomic E-state index is 0.131. The van der Waals surface area contributed by atoms with Crippen LogP contribution in [0.5, 0.6) is 11.5 Å². The van der Waals surface area contributed by atoms with E-state index in [0.29, 0.717) is 22.7 Å². The minimum Gasteiger partial charge on any atom is -0.454 e. The largest absolute Gasteiger partial charge is 0.454 e.